The van der Waals surface area contributed by atoms with Crippen LogP contribution >= 0.6 is 0 Å². The van der Waals surface area contributed by atoms with E-state index >= 15 is 0 Å². The minimum absolute atomic E-state index is 0.230. The van der Waals surface area contributed by atoms with Crippen LogP contribution in [0.5, 0.6) is 5.88 Å². The Morgan fingerprint density at radius 2 is 2.33 bits per heavy atom. The molecule has 2 rings (SSSR count). The molecule has 3 N–H and O–H groups in total. The van der Waals surface area contributed by atoms with Crippen molar-refractivity contribution in [1.82, 2.24) is 9.29 Å². The molecule has 1 aliphatic heterocycles. The van der Waals surface area contributed by atoms with Crippen LogP contribution in [-0.2, 0) is 10.2 Å². The van der Waals surface area contributed by atoms with Gasteiger partial charge >= 0.3 is 10.2 Å². The fourth-order valence-electron chi connectivity index (χ4n) is 2.32. The molecule has 2 heterocycles. The van der Waals surface area contributed by atoms with E-state index in [0.29, 0.717) is 37.8 Å². The molecule has 1 aliphatic rings. The van der Waals surface area contributed by atoms with Crippen LogP contribution in [0.4, 0.5) is 5.69 Å². The summed E-state index contributed by atoms with van der Waals surface area (Å²) in [6.07, 6.45) is 3.27. The first-order valence-electron chi connectivity index (χ1n) is 7.12. The molecule has 8 heteroatoms. The number of aromatic nitrogens is 1. The molecule has 0 bridgehead atoms. The van der Waals surface area contributed by atoms with Crippen molar-refractivity contribution < 1.29 is 13.2 Å². The number of hydrogen-bond donors (Lipinski definition) is 2. The minimum Gasteiger partial charge on any atom is -0.478 e. The molecule has 0 amide bonds. The Bertz CT molecular complexity index is 547. The normalized spacial score (nSPS) is 20.2. The molecule has 1 aromatic heterocycles. The van der Waals surface area contributed by atoms with Gasteiger partial charge in [-0.05, 0) is 38.3 Å². The number of anilines is 1. The van der Waals surface area contributed by atoms with Crippen LogP contribution in [0.3, 0.4) is 0 Å². The van der Waals surface area contributed by atoms with Crippen LogP contribution in [0.2, 0.25) is 0 Å². The summed E-state index contributed by atoms with van der Waals surface area (Å²) in [6.45, 7) is 3.89. The van der Waals surface area contributed by atoms with Gasteiger partial charge in [-0.25, -0.2) is 4.98 Å². The first kappa shape index (κ1) is 16.0. The van der Waals surface area contributed by atoms with Crippen LogP contribution in [0.15, 0.2) is 18.3 Å². The van der Waals surface area contributed by atoms with Crippen molar-refractivity contribution in [2.45, 2.75) is 19.8 Å². The third-order valence-electron chi connectivity index (χ3n) is 3.43. The van der Waals surface area contributed by atoms with Crippen LogP contribution in [0, 0.1) is 5.92 Å². The van der Waals surface area contributed by atoms with Crippen molar-refractivity contribution in [2.75, 3.05) is 31.0 Å². The maximum Gasteiger partial charge on any atom is 0.301 e. The molecule has 0 radical (unpaired) electrons. The van der Waals surface area contributed by atoms with E-state index in [-0.39, 0.29) is 5.92 Å². The summed E-state index contributed by atoms with van der Waals surface area (Å²) in [6, 6.07) is 3.28. The second-order valence-electron chi connectivity index (χ2n) is 5.03. The highest BCUT2D eigenvalue weighted by Gasteiger charge is 2.28. The molecular weight excluding hydrogens is 292 g/mol. The van der Waals surface area contributed by atoms with Gasteiger partial charge in [0.15, 0.2) is 0 Å². The fraction of sp³-hybridized carbons (Fsp3) is 0.615. The highest BCUT2D eigenvalue weighted by molar-refractivity contribution is 7.90. The summed E-state index contributed by atoms with van der Waals surface area (Å²) in [4.78, 5) is 4.04. The Balaban J connectivity index is 2.02. The summed E-state index contributed by atoms with van der Waals surface area (Å²) < 4.78 is 33.9. The van der Waals surface area contributed by atoms with Crippen LogP contribution in [0.1, 0.15) is 19.8 Å². The van der Waals surface area contributed by atoms with Gasteiger partial charge in [0.05, 0.1) is 18.5 Å². The molecule has 1 fully saturated rings. The molecule has 7 nitrogen and oxygen atoms in total. The van der Waals surface area contributed by atoms with Gasteiger partial charge < -0.3 is 10.5 Å². The summed E-state index contributed by atoms with van der Waals surface area (Å²) >= 11 is 0. The zero-order valence-electron chi connectivity index (χ0n) is 12.2. The van der Waals surface area contributed by atoms with E-state index in [4.69, 9.17) is 10.5 Å². The third kappa shape index (κ3) is 4.29. The van der Waals surface area contributed by atoms with Gasteiger partial charge in [0.2, 0.25) is 5.88 Å². The summed E-state index contributed by atoms with van der Waals surface area (Å²) in [5, 5.41) is 0. The lowest BCUT2D eigenvalue weighted by Gasteiger charge is -2.31. The first-order chi connectivity index (χ1) is 10.0. The molecule has 1 aromatic rings. The lowest BCUT2D eigenvalue weighted by molar-refractivity contribution is 0.273. The zero-order chi connectivity index (χ0) is 15.3. The van der Waals surface area contributed by atoms with Gasteiger partial charge in [-0.15, -0.1) is 0 Å². The van der Waals surface area contributed by atoms with E-state index in [1.807, 2.05) is 6.92 Å². The fourth-order valence-corrected chi connectivity index (χ4v) is 3.65. The van der Waals surface area contributed by atoms with E-state index in [9.17, 15) is 8.42 Å². The molecule has 21 heavy (non-hydrogen) atoms. The largest absolute Gasteiger partial charge is 0.478 e. The van der Waals surface area contributed by atoms with Gasteiger partial charge in [-0.3, -0.25) is 4.72 Å². The Morgan fingerprint density at radius 1 is 1.52 bits per heavy atom. The maximum atomic E-state index is 12.3. The van der Waals surface area contributed by atoms with Crippen LogP contribution in [-0.4, -0.2) is 43.9 Å². The Kier molecular flexibility index (Phi) is 5.38. The van der Waals surface area contributed by atoms with Crippen molar-refractivity contribution in [3.8, 4) is 5.88 Å². The number of ether oxygens (including phenoxy) is 1. The molecular formula is C13H22N4O3S. The number of pyridine rings is 1. The number of nitrogens with two attached hydrogens (primary N) is 1. The van der Waals surface area contributed by atoms with E-state index < -0.39 is 10.2 Å². The summed E-state index contributed by atoms with van der Waals surface area (Å²) in [5.41, 5.74) is 6.07. The van der Waals surface area contributed by atoms with Gasteiger partial charge in [-0.2, -0.15) is 12.7 Å². The average molecular weight is 314 g/mol. The van der Waals surface area contributed by atoms with E-state index in [0.717, 1.165) is 12.8 Å². The molecule has 1 atom stereocenters. The number of nitrogens with one attached hydrogen (secondary N) is 1. The molecule has 0 saturated carbocycles. The molecule has 0 aliphatic carbocycles. The van der Waals surface area contributed by atoms with Gasteiger partial charge in [-0.1, -0.05) is 0 Å². The topological polar surface area (TPSA) is 97.5 Å². The summed E-state index contributed by atoms with van der Waals surface area (Å²) in [7, 11) is -3.56. The van der Waals surface area contributed by atoms with Crippen LogP contribution in [0.25, 0.3) is 0 Å². The Labute approximate surface area is 125 Å². The molecule has 0 spiro atoms. The zero-order valence-corrected chi connectivity index (χ0v) is 13.0. The number of nitrogens with zero attached hydrogens (tertiary/aromatic N) is 2. The van der Waals surface area contributed by atoms with Crippen molar-refractivity contribution in [3.05, 3.63) is 18.3 Å². The third-order valence-corrected chi connectivity index (χ3v) is 4.94. The Morgan fingerprint density at radius 3 is 2.95 bits per heavy atom. The second kappa shape index (κ2) is 7.06. The van der Waals surface area contributed by atoms with Gasteiger partial charge in [0.25, 0.3) is 0 Å². The number of hydrogen-bond acceptors (Lipinski definition) is 5. The average Bonchev–Trinajstić information content (AvgIpc) is 2.49. The quantitative estimate of drug-likeness (QED) is 0.809. The summed E-state index contributed by atoms with van der Waals surface area (Å²) in [5.74, 6) is 0.704. The monoisotopic (exact) mass is 314 g/mol. The number of piperidine rings is 1. The highest BCUT2D eigenvalue weighted by atomic mass is 32.2. The van der Waals surface area contributed by atoms with Crippen molar-refractivity contribution in [1.29, 1.82) is 0 Å². The van der Waals surface area contributed by atoms with Crippen molar-refractivity contribution in [3.63, 3.8) is 0 Å². The molecule has 1 unspecified atom stereocenters. The first-order valence-corrected chi connectivity index (χ1v) is 8.56. The number of rotatable bonds is 6. The highest BCUT2D eigenvalue weighted by Crippen LogP contribution is 2.20. The second-order valence-corrected chi connectivity index (χ2v) is 6.70. The SMILES string of the molecule is CCOc1ccc(NS(=O)(=O)N2CCCC(CN)C2)cn1. The minimum atomic E-state index is -3.56. The molecule has 0 aromatic carbocycles. The standard InChI is InChI=1S/C13H22N4O3S/c1-2-20-13-6-5-12(9-15-13)16-21(18,19)17-7-3-4-11(8-14)10-17/h5-6,9,11,16H,2-4,7-8,10,14H2,1H3. The van der Waals surface area contributed by atoms with Crippen molar-refractivity contribution >= 4 is 15.9 Å². The predicted molar refractivity (Wildman–Crippen MR) is 81.3 cm³/mol. The van der Waals surface area contributed by atoms with E-state index in [2.05, 4.69) is 9.71 Å². The van der Waals surface area contributed by atoms with E-state index in [1.54, 1.807) is 12.1 Å². The maximum absolute atomic E-state index is 12.3. The molecule has 1 saturated heterocycles. The lowest BCUT2D eigenvalue weighted by atomic mass is 10.0. The van der Waals surface area contributed by atoms with Gasteiger partial charge in [0.1, 0.15) is 0 Å². The molecule has 118 valence electrons. The van der Waals surface area contributed by atoms with E-state index in [1.165, 1.54) is 10.5 Å². The smallest absolute Gasteiger partial charge is 0.301 e. The van der Waals surface area contributed by atoms with Gasteiger partial charge in [0, 0.05) is 19.2 Å². The van der Waals surface area contributed by atoms with Crippen molar-refractivity contribution in [2.24, 2.45) is 11.7 Å². The Hall–Kier alpha value is -1.38. The lowest BCUT2D eigenvalue weighted by Crippen LogP contribution is -2.44. The predicted octanol–water partition coefficient (Wildman–Crippen LogP) is 0.808. The van der Waals surface area contributed by atoms with Crippen LogP contribution < -0.4 is 15.2 Å².